The molecule has 0 heterocycles. The molecule has 4 heteroatoms. The zero-order valence-electron chi connectivity index (χ0n) is 10.8. The Morgan fingerprint density at radius 1 is 1.11 bits per heavy atom. The molecule has 1 rings (SSSR count). The third kappa shape index (κ3) is 4.33. The van der Waals surface area contributed by atoms with Crippen LogP contribution in [0, 0.1) is 5.92 Å². The van der Waals surface area contributed by atoms with Gasteiger partial charge in [0.2, 0.25) is 0 Å². The van der Waals surface area contributed by atoms with E-state index in [9.17, 15) is 13.2 Å². The largest absolute Gasteiger partial charge is 0.416 e. The van der Waals surface area contributed by atoms with Crippen molar-refractivity contribution in [2.45, 2.75) is 45.3 Å². The van der Waals surface area contributed by atoms with Crippen molar-refractivity contribution in [1.29, 1.82) is 0 Å². The van der Waals surface area contributed by atoms with E-state index >= 15 is 0 Å². The molecule has 1 aromatic rings. The molecular formula is C14H20F3N. The van der Waals surface area contributed by atoms with Crippen LogP contribution >= 0.6 is 0 Å². The Labute approximate surface area is 106 Å². The summed E-state index contributed by atoms with van der Waals surface area (Å²) in [6.45, 7) is 4.18. The lowest BCUT2D eigenvalue weighted by Gasteiger charge is -2.18. The highest BCUT2D eigenvalue weighted by molar-refractivity contribution is 5.32. The van der Waals surface area contributed by atoms with Crippen molar-refractivity contribution in [2.75, 3.05) is 0 Å². The number of alkyl halides is 3. The minimum absolute atomic E-state index is 0.203. The zero-order valence-corrected chi connectivity index (χ0v) is 10.8. The van der Waals surface area contributed by atoms with Crippen LogP contribution in [0.15, 0.2) is 24.3 Å². The maximum absolute atomic E-state index is 12.8. The number of benzene rings is 1. The van der Waals surface area contributed by atoms with Crippen LogP contribution in [0.3, 0.4) is 0 Å². The third-order valence-corrected chi connectivity index (χ3v) is 2.96. The summed E-state index contributed by atoms with van der Waals surface area (Å²) in [5.41, 5.74) is 5.47. The van der Waals surface area contributed by atoms with E-state index in [1.54, 1.807) is 6.07 Å². The normalized spacial score (nSPS) is 13.9. The van der Waals surface area contributed by atoms with Gasteiger partial charge in [0.25, 0.3) is 0 Å². The molecule has 1 atom stereocenters. The minimum Gasteiger partial charge on any atom is -0.324 e. The van der Waals surface area contributed by atoms with E-state index in [1.165, 1.54) is 12.1 Å². The van der Waals surface area contributed by atoms with Crippen molar-refractivity contribution in [3.8, 4) is 0 Å². The van der Waals surface area contributed by atoms with Gasteiger partial charge in [0.05, 0.1) is 5.56 Å². The van der Waals surface area contributed by atoms with E-state index in [0.717, 1.165) is 18.9 Å². The number of hydrogen-bond donors (Lipinski definition) is 1. The van der Waals surface area contributed by atoms with Gasteiger partial charge < -0.3 is 5.73 Å². The molecule has 0 bridgehead atoms. The molecule has 0 spiro atoms. The smallest absolute Gasteiger partial charge is 0.324 e. The van der Waals surface area contributed by atoms with Crippen LogP contribution in [0.5, 0.6) is 0 Å². The van der Waals surface area contributed by atoms with Crippen LogP contribution < -0.4 is 5.73 Å². The highest BCUT2D eigenvalue weighted by atomic mass is 19.4. The van der Waals surface area contributed by atoms with Gasteiger partial charge in [0, 0.05) is 6.04 Å². The van der Waals surface area contributed by atoms with Gasteiger partial charge in [-0.25, -0.2) is 0 Å². The zero-order chi connectivity index (χ0) is 13.8. The molecule has 18 heavy (non-hydrogen) atoms. The first-order chi connectivity index (χ1) is 8.32. The Kier molecular flexibility index (Phi) is 5.20. The van der Waals surface area contributed by atoms with Crippen molar-refractivity contribution >= 4 is 0 Å². The molecule has 0 amide bonds. The fourth-order valence-corrected chi connectivity index (χ4v) is 1.98. The number of halogens is 3. The van der Waals surface area contributed by atoms with Gasteiger partial charge in [-0.15, -0.1) is 0 Å². The fourth-order valence-electron chi connectivity index (χ4n) is 1.98. The minimum atomic E-state index is -4.33. The van der Waals surface area contributed by atoms with E-state index in [-0.39, 0.29) is 5.56 Å². The molecular weight excluding hydrogens is 239 g/mol. The molecule has 1 aromatic carbocycles. The molecule has 0 aliphatic heterocycles. The summed E-state index contributed by atoms with van der Waals surface area (Å²) < 4.78 is 38.4. The van der Waals surface area contributed by atoms with E-state index < -0.39 is 17.8 Å². The van der Waals surface area contributed by atoms with Gasteiger partial charge >= 0.3 is 6.18 Å². The lowest BCUT2D eigenvalue weighted by Crippen LogP contribution is -2.17. The van der Waals surface area contributed by atoms with Gasteiger partial charge in [0.1, 0.15) is 0 Å². The maximum atomic E-state index is 12.8. The molecule has 0 aliphatic carbocycles. The van der Waals surface area contributed by atoms with Crippen molar-refractivity contribution < 1.29 is 13.2 Å². The van der Waals surface area contributed by atoms with Crippen molar-refractivity contribution in [1.82, 2.24) is 0 Å². The predicted octanol–water partition coefficient (Wildman–Crippen LogP) is 4.53. The summed E-state index contributed by atoms with van der Waals surface area (Å²) in [7, 11) is 0. The molecule has 0 fully saturated rings. The van der Waals surface area contributed by atoms with Crippen molar-refractivity contribution in [3.63, 3.8) is 0 Å². The Balaban J connectivity index is 2.76. The predicted molar refractivity (Wildman–Crippen MR) is 67.1 cm³/mol. The second-order valence-corrected chi connectivity index (χ2v) is 5.02. The highest BCUT2D eigenvalue weighted by Crippen LogP contribution is 2.35. The van der Waals surface area contributed by atoms with Crippen LogP contribution in [0.25, 0.3) is 0 Å². The number of hydrogen-bond acceptors (Lipinski definition) is 1. The molecule has 0 saturated heterocycles. The molecule has 0 saturated carbocycles. The Morgan fingerprint density at radius 3 is 2.28 bits per heavy atom. The van der Waals surface area contributed by atoms with Crippen molar-refractivity contribution in [3.05, 3.63) is 35.4 Å². The quantitative estimate of drug-likeness (QED) is 0.826. The Hall–Kier alpha value is -1.03. The molecule has 1 unspecified atom stereocenters. The third-order valence-electron chi connectivity index (χ3n) is 2.96. The summed E-state index contributed by atoms with van der Waals surface area (Å²) in [6.07, 6.45) is -1.90. The molecule has 0 aliphatic rings. The average molecular weight is 259 g/mol. The molecule has 0 radical (unpaired) electrons. The molecule has 0 aromatic heterocycles. The molecule has 1 nitrogen and oxygen atoms in total. The summed E-state index contributed by atoms with van der Waals surface area (Å²) in [5, 5.41) is 0. The molecule has 2 N–H and O–H groups in total. The van der Waals surface area contributed by atoms with E-state index in [4.69, 9.17) is 5.73 Å². The van der Waals surface area contributed by atoms with Gasteiger partial charge in [-0.05, 0) is 24.0 Å². The highest BCUT2D eigenvalue weighted by Gasteiger charge is 2.34. The first-order valence-corrected chi connectivity index (χ1v) is 6.24. The first-order valence-electron chi connectivity index (χ1n) is 6.24. The number of nitrogens with two attached hydrogens (primary N) is 1. The second kappa shape index (κ2) is 6.23. The van der Waals surface area contributed by atoms with Gasteiger partial charge in [0.15, 0.2) is 0 Å². The van der Waals surface area contributed by atoms with Gasteiger partial charge in [-0.1, -0.05) is 44.9 Å². The SMILES string of the molecule is CC(C)CCCC(N)c1ccccc1C(F)(F)F. The van der Waals surface area contributed by atoms with Crippen LogP contribution in [0.1, 0.15) is 50.3 Å². The molecule has 102 valence electrons. The van der Waals surface area contributed by atoms with Crippen LogP contribution in [-0.2, 0) is 6.18 Å². The van der Waals surface area contributed by atoms with Gasteiger partial charge in [-0.2, -0.15) is 13.2 Å². The monoisotopic (exact) mass is 259 g/mol. The average Bonchev–Trinajstić information content (AvgIpc) is 2.27. The maximum Gasteiger partial charge on any atom is 0.416 e. The summed E-state index contributed by atoms with van der Waals surface area (Å²) in [6, 6.07) is 5.03. The van der Waals surface area contributed by atoms with Crippen LogP contribution in [0.2, 0.25) is 0 Å². The topological polar surface area (TPSA) is 26.0 Å². The van der Waals surface area contributed by atoms with Gasteiger partial charge in [-0.3, -0.25) is 0 Å². The van der Waals surface area contributed by atoms with Crippen LogP contribution in [-0.4, -0.2) is 0 Å². The first kappa shape index (κ1) is 15.0. The van der Waals surface area contributed by atoms with Crippen LogP contribution in [0.4, 0.5) is 13.2 Å². The van der Waals surface area contributed by atoms with Crippen molar-refractivity contribution in [2.24, 2.45) is 11.7 Å². The number of rotatable bonds is 5. The Morgan fingerprint density at radius 2 is 1.72 bits per heavy atom. The fraction of sp³-hybridized carbons (Fsp3) is 0.571. The summed E-state index contributed by atoms with van der Waals surface area (Å²) in [4.78, 5) is 0. The van der Waals surface area contributed by atoms with E-state index in [2.05, 4.69) is 13.8 Å². The Bertz CT molecular complexity index is 372. The van der Waals surface area contributed by atoms with E-state index in [0.29, 0.717) is 12.3 Å². The lowest BCUT2D eigenvalue weighted by atomic mass is 9.95. The summed E-state index contributed by atoms with van der Waals surface area (Å²) >= 11 is 0. The second-order valence-electron chi connectivity index (χ2n) is 5.02. The standard InChI is InChI=1S/C14H20F3N/c1-10(2)6-5-9-13(18)11-7-3-4-8-12(11)14(15,16)17/h3-4,7-8,10,13H,5-6,9,18H2,1-2H3. The summed E-state index contributed by atoms with van der Waals surface area (Å²) in [5.74, 6) is 0.551. The lowest BCUT2D eigenvalue weighted by molar-refractivity contribution is -0.138. The van der Waals surface area contributed by atoms with E-state index in [1.807, 2.05) is 0 Å².